The van der Waals surface area contributed by atoms with Crippen LogP contribution < -0.4 is 0 Å². The molecule has 0 saturated heterocycles. The van der Waals surface area contributed by atoms with Crippen LogP contribution in [0.3, 0.4) is 0 Å². The van der Waals surface area contributed by atoms with Gasteiger partial charge in [-0.05, 0) is 35.4 Å². The summed E-state index contributed by atoms with van der Waals surface area (Å²) in [6, 6.07) is 16.8. The fraction of sp³-hybridized carbons (Fsp3) is 0.111. The molecule has 2 aromatic carbocycles. The first-order valence-electron chi connectivity index (χ1n) is 6.61. The molecule has 0 saturated carbocycles. The summed E-state index contributed by atoms with van der Waals surface area (Å²) in [6.07, 6.45) is 6.37. The molecule has 21 heavy (non-hydrogen) atoms. The highest BCUT2D eigenvalue weighted by Crippen LogP contribution is 2.31. The summed E-state index contributed by atoms with van der Waals surface area (Å²) in [7, 11) is 0. The van der Waals surface area contributed by atoms with Crippen LogP contribution in [0.2, 0.25) is 0 Å². The lowest BCUT2D eigenvalue weighted by Gasteiger charge is -2.12. The first-order chi connectivity index (χ1) is 10.2. The van der Waals surface area contributed by atoms with Gasteiger partial charge >= 0.3 is 0 Å². The zero-order chi connectivity index (χ0) is 15.1. The minimum absolute atomic E-state index is 0.333. The lowest BCUT2D eigenvalue weighted by atomic mass is 10.1. The van der Waals surface area contributed by atoms with E-state index in [4.69, 9.17) is 0 Å². The van der Waals surface area contributed by atoms with Crippen molar-refractivity contribution in [2.75, 3.05) is 5.75 Å². The maximum absolute atomic E-state index is 3.81. The largest absolute Gasteiger partial charge is 0.145 e. The van der Waals surface area contributed by atoms with Gasteiger partial charge in [-0.1, -0.05) is 74.4 Å². The molecule has 2 rings (SSSR count). The van der Waals surface area contributed by atoms with Crippen LogP contribution in [0.25, 0.3) is 6.08 Å². The SMILES string of the molecule is C=CCS[C@H](/C=C/c1ccc(Br)cc1)c1ccc(Br)cc1. The minimum atomic E-state index is 0.333. The van der Waals surface area contributed by atoms with Crippen LogP contribution in [-0.2, 0) is 0 Å². The van der Waals surface area contributed by atoms with Crippen LogP contribution in [0, 0.1) is 0 Å². The average Bonchev–Trinajstić information content (AvgIpc) is 2.50. The lowest BCUT2D eigenvalue weighted by molar-refractivity contribution is 1.23. The Bertz CT molecular complexity index is 600. The van der Waals surface area contributed by atoms with Crippen LogP contribution in [0.4, 0.5) is 0 Å². The van der Waals surface area contributed by atoms with Crippen LogP contribution in [0.5, 0.6) is 0 Å². The number of rotatable bonds is 6. The Morgan fingerprint density at radius 2 is 1.52 bits per heavy atom. The highest BCUT2D eigenvalue weighted by Gasteiger charge is 2.07. The van der Waals surface area contributed by atoms with Crippen LogP contribution in [-0.4, -0.2) is 5.75 Å². The van der Waals surface area contributed by atoms with E-state index in [-0.39, 0.29) is 0 Å². The molecule has 0 aromatic heterocycles. The van der Waals surface area contributed by atoms with Gasteiger partial charge in [-0.3, -0.25) is 0 Å². The highest BCUT2D eigenvalue weighted by molar-refractivity contribution is 9.10. The monoisotopic (exact) mass is 422 g/mol. The molecule has 0 bridgehead atoms. The minimum Gasteiger partial charge on any atom is -0.145 e. The van der Waals surface area contributed by atoms with E-state index < -0.39 is 0 Å². The van der Waals surface area contributed by atoms with Gasteiger partial charge in [0.05, 0.1) is 0 Å². The molecule has 0 N–H and O–H groups in total. The second-order valence-electron chi connectivity index (χ2n) is 4.50. The lowest BCUT2D eigenvalue weighted by Crippen LogP contribution is -1.91. The Morgan fingerprint density at radius 3 is 2.10 bits per heavy atom. The van der Waals surface area contributed by atoms with E-state index in [1.54, 1.807) is 0 Å². The fourth-order valence-electron chi connectivity index (χ4n) is 1.86. The topological polar surface area (TPSA) is 0 Å². The van der Waals surface area contributed by atoms with Crippen molar-refractivity contribution in [3.05, 3.63) is 87.3 Å². The fourth-order valence-corrected chi connectivity index (χ4v) is 3.27. The molecule has 0 fully saturated rings. The zero-order valence-corrected chi connectivity index (χ0v) is 15.5. The Balaban J connectivity index is 2.17. The summed E-state index contributed by atoms with van der Waals surface area (Å²) < 4.78 is 2.21. The van der Waals surface area contributed by atoms with Crippen molar-refractivity contribution < 1.29 is 0 Å². The van der Waals surface area contributed by atoms with Crippen LogP contribution >= 0.6 is 43.6 Å². The van der Waals surface area contributed by atoms with Crippen molar-refractivity contribution >= 4 is 49.7 Å². The second-order valence-corrected chi connectivity index (χ2v) is 7.51. The number of halogens is 2. The molecule has 0 heterocycles. The second kappa shape index (κ2) is 8.62. The molecule has 0 nitrogen and oxygen atoms in total. The first kappa shape index (κ1) is 16.6. The van der Waals surface area contributed by atoms with Gasteiger partial charge in [-0.2, -0.15) is 0 Å². The standard InChI is InChI=1S/C18H16Br2S/c1-2-13-21-18(15-6-10-17(20)11-7-15)12-5-14-3-8-16(19)9-4-14/h2-12,18H,1,13H2/b12-5+/t18-/m1/s1. The average molecular weight is 424 g/mol. The van der Waals surface area contributed by atoms with Crippen molar-refractivity contribution in [2.45, 2.75) is 5.25 Å². The molecule has 0 aliphatic rings. The Morgan fingerprint density at radius 1 is 0.952 bits per heavy atom. The van der Waals surface area contributed by atoms with Crippen molar-refractivity contribution in [3.63, 3.8) is 0 Å². The number of hydrogen-bond donors (Lipinski definition) is 0. The highest BCUT2D eigenvalue weighted by atomic mass is 79.9. The Hall–Kier alpha value is -0.770. The summed E-state index contributed by atoms with van der Waals surface area (Å²) in [5.41, 5.74) is 2.51. The maximum atomic E-state index is 3.81. The van der Waals surface area contributed by atoms with Crippen molar-refractivity contribution in [1.82, 2.24) is 0 Å². The summed E-state index contributed by atoms with van der Waals surface area (Å²) in [5, 5.41) is 0.333. The Kier molecular flexibility index (Phi) is 6.81. The molecule has 0 spiro atoms. The molecule has 0 radical (unpaired) electrons. The Labute approximate surface area is 147 Å². The molecule has 0 unspecified atom stereocenters. The molecule has 108 valence electrons. The van der Waals surface area contributed by atoms with E-state index >= 15 is 0 Å². The number of hydrogen-bond acceptors (Lipinski definition) is 1. The van der Waals surface area contributed by atoms with E-state index in [0.29, 0.717) is 5.25 Å². The molecule has 3 heteroatoms. The predicted octanol–water partition coefficient (Wildman–Crippen LogP) is 6.89. The van der Waals surface area contributed by atoms with Crippen LogP contribution in [0.15, 0.2) is 76.2 Å². The summed E-state index contributed by atoms with van der Waals surface area (Å²) in [6.45, 7) is 3.81. The van der Waals surface area contributed by atoms with Crippen molar-refractivity contribution in [1.29, 1.82) is 0 Å². The zero-order valence-electron chi connectivity index (χ0n) is 11.5. The molecule has 0 aliphatic carbocycles. The third-order valence-electron chi connectivity index (χ3n) is 2.93. The van der Waals surface area contributed by atoms with E-state index in [1.807, 2.05) is 17.8 Å². The van der Waals surface area contributed by atoms with Gasteiger partial charge < -0.3 is 0 Å². The maximum Gasteiger partial charge on any atom is 0.0483 e. The summed E-state index contributed by atoms with van der Waals surface area (Å²) in [4.78, 5) is 0. The van der Waals surface area contributed by atoms with Gasteiger partial charge in [-0.15, -0.1) is 18.3 Å². The van der Waals surface area contributed by atoms with Crippen molar-refractivity contribution in [2.24, 2.45) is 0 Å². The van der Waals surface area contributed by atoms with E-state index in [2.05, 4.69) is 99.1 Å². The smallest absolute Gasteiger partial charge is 0.0483 e. The van der Waals surface area contributed by atoms with Crippen molar-refractivity contribution in [3.8, 4) is 0 Å². The molecular formula is C18H16Br2S. The number of thioether (sulfide) groups is 1. The van der Waals surface area contributed by atoms with E-state index in [9.17, 15) is 0 Å². The van der Waals surface area contributed by atoms with Gasteiger partial charge in [0.2, 0.25) is 0 Å². The van der Waals surface area contributed by atoms with E-state index in [0.717, 1.165) is 14.7 Å². The third-order valence-corrected chi connectivity index (χ3v) is 5.20. The molecule has 0 amide bonds. The molecule has 0 aliphatic heterocycles. The summed E-state index contributed by atoms with van der Waals surface area (Å²) >= 11 is 8.82. The quantitative estimate of drug-likeness (QED) is 0.456. The molecule has 2 aromatic rings. The van der Waals surface area contributed by atoms with Gasteiger partial charge in [0.25, 0.3) is 0 Å². The van der Waals surface area contributed by atoms with Gasteiger partial charge in [0.15, 0.2) is 0 Å². The normalized spacial score (nSPS) is 12.5. The van der Waals surface area contributed by atoms with E-state index in [1.165, 1.54) is 11.1 Å². The molecule has 1 atom stereocenters. The first-order valence-corrected chi connectivity index (χ1v) is 9.24. The van der Waals surface area contributed by atoms with Gasteiger partial charge in [0, 0.05) is 19.9 Å². The third kappa shape index (κ3) is 5.50. The van der Waals surface area contributed by atoms with Crippen LogP contribution in [0.1, 0.15) is 16.4 Å². The number of benzene rings is 2. The van der Waals surface area contributed by atoms with Gasteiger partial charge in [0.1, 0.15) is 0 Å². The van der Waals surface area contributed by atoms with Gasteiger partial charge in [-0.25, -0.2) is 0 Å². The predicted molar refractivity (Wildman–Crippen MR) is 103 cm³/mol. The molecular weight excluding hydrogens is 408 g/mol. The summed E-state index contributed by atoms with van der Waals surface area (Å²) in [5.74, 6) is 0.936.